The van der Waals surface area contributed by atoms with Crippen LogP contribution >= 0.6 is 0 Å². The molecule has 3 rings (SSSR count). The fourth-order valence-corrected chi connectivity index (χ4v) is 7.45. The van der Waals surface area contributed by atoms with Gasteiger partial charge >= 0.3 is 12.4 Å². The van der Waals surface area contributed by atoms with E-state index in [1.807, 2.05) is 0 Å². The van der Waals surface area contributed by atoms with Crippen molar-refractivity contribution in [2.24, 2.45) is 23.7 Å². The summed E-state index contributed by atoms with van der Waals surface area (Å²) in [5.74, 6) is -4.46. The van der Waals surface area contributed by atoms with E-state index in [1.54, 1.807) is 26.2 Å². The molecule has 3 fully saturated rings. The minimum absolute atomic E-state index is 0.0495. The lowest BCUT2D eigenvalue weighted by Gasteiger charge is -2.45. The Labute approximate surface area is 247 Å². The van der Waals surface area contributed by atoms with E-state index >= 15 is 0 Å². The van der Waals surface area contributed by atoms with Crippen molar-refractivity contribution in [1.29, 1.82) is 0 Å². The van der Waals surface area contributed by atoms with Gasteiger partial charge in [-0.25, -0.2) is 0 Å². The van der Waals surface area contributed by atoms with Gasteiger partial charge in [0.25, 0.3) is 0 Å². The molecule has 12 heteroatoms. The molecule has 0 radical (unpaired) electrons. The lowest BCUT2D eigenvalue weighted by Crippen LogP contribution is -2.56. The van der Waals surface area contributed by atoms with Crippen molar-refractivity contribution in [3.05, 3.63) is 0 Å². The fourth-order valence-electron chi connectivity index (χ4n) is 7.45. The molecule has 6 nitrogen and oxygen atoms in total. The van der Waals surface area contributed by atoms with E-state index in [0.29, 0.717) is 19.3 Å². The average molecular weight is 616 g/mol. The number of rotatable bonds is 13. The number of carbonyl (C=O) groups excluding carboxylic acids is 1. The van der Waals surface area contributed by atoms with Crippen molar-refractivity contribution >= 4 is 5.91 Å². The summed E-state index contributed by atoms with van der Waals surface area (Å²) >= 11 is 0. The first-order valence-electron chi connectivity index (χ1n) is 15.7. The summed E-state index contributed by atoms with van der Waals surface area (Å²) in [6, 6.07) is 0.0562. The first kappa shape index (κ1) is 35.4. The number of hydrogen-bond acceptors (Lipinski definition) is 5. The Bertz CT molecular complexity index is 770. The zero-order valence-electron chi connectivity index (χ0n) is 25.5. The van der Waals surface area contributed by atoms with E-state index in [2.05, 4.69) is 9.80 Å². The van der Waals surface area contributed by atoms with E-state index < -0.39 is 36.5 Å². The number of carbonyl (C=O) groups is 1. The van der Waals surface area contributed by atoms with Gasteiger partial charge < -0.3 is 14.4 Å². The summed E-state index contributed by atoms with van der Waals surface area (Å²) < 4.78 is 91.4. The number of ether oxygens (including phenoxy) is 2. The molecule has 0 aromatic carbocycles. The van der Waals surface area contributed by atoms with Gasteiger partial charge in [0, 0.05) is 60.0 Å². The quantitative estimate of drug-likeness (QED) is 0.238. The minimum Gasteiger partial charge on any atom is -0.383 e. The van der Waals surface area contributed by atoms with Crippen molar-refractivity contribution in [1.82, 2.24) is 14.7 Å². The number of likely N-dealkylation sites (tertiary alicyclic amines) is 1. The average Bonchev–Trinajstić information content (AvgIpc) is 2.96. The lowest BCUT2D eigenvalue weighted by atomic mass is 9.73. The Morgan fingerprint density at radius 3 is 1.81 bits per heavy atom. The molecule has 0 aromatic rings. The van der Waals surface area contributed by atoms with Crippen LogP contribution in [0.5, 0.6) is 0 Å². The number of hydrogen-bond donors (Lipinski definition) is 0. The minimum atomic E-state index is -4.65. The molecular weight excluding hydrogens is 564 g/mol. The maximum Gasteiger partial charge on any atom is 0.391 e. The van der Waals surface area contributed by atoms with E-state index in [9.17, 15) is 31.1 Å². The van der Waals surface area contributed by atoms with Crippen molar-refractivity contribution < 1.29 is 40.6 Å². The van der Waals surface area contributed by atoms with E-state index in [0.717, 1.165) is 71.1 Å². The topological polar surface area (TPSA) is 45.3 Å². The third-order valence-electron chi connectivity index (χ3n) is 9.90. The van der Waals surface area contributed by atoms with Gasteiger partial charge in [-0.1, -0.05) is 19.3 Å². The van der Waals surface area contributed by atoms with Crippen LogP contribution in [-0.2, 0) is 14.3 Å². The molecule has 0 bridgehead atoms. The molecule has 1 aliphatic heterocycles. The van der Waals surface area contributed by atoms with Crippen LogP contribution < -0.4 is 0 Å². The maximum atomic E-state index is 13.9. The Balaban J connectivity index is 1.64. The largest absolute Gasteiger partial charge is 0.391 e. The summed E-state index contributed by atoms with van der Waals surface area (Å²) in [6.07, 6.45) is -3.64. The van der Waals surface area contributed by atoms with Crippen LogP contribution in [0.1, 0.15) is 70.6 Å². The highest BCUT2D eigenvalue weighted by molar-refractivity contribution is 5.82. The van der Waals surface area contributed by atoms with Crippen molar-refractivity contribution in [2.45, 2.75) is 95.1 Å². The third kappa shape index (κ3) is 10.2. The molecule has 42 heavy (non-hydrogen) atoms. The normalized spacial score (nSPS) is 26.5. The van der Waals surface area contributed by atoms with Gasteiger partial charge in [-0.3, -0.25) is 14.6 Å². The summed E-state index contributed by atoms with van der Waals surface area (Å²) in [4.78, 5) is 20.2. The number of alkyl halides is 6. The predicted molar refractivity (Wildman–Crippen MR) is 149 cm³/mol. The maximum absolute atomic E-state index is 13.9. The second-order valence-electron chi connectivity index (χ2n) is 12.7. The van der Waals surface area contributed by atoms with Crippen molar-refractivity contribution in [3.8, 4) is 0 Å². The van der Waals surface area contributed by atoms with Crippen LogP contribution in [0, 0.1) is 23.7 Å². The molecule has 2 aliphatic carbocycles. The molecular formula is C30H51F6N3O3. The van der Waals surface area contributed by atoms with Crippen molar-refractivity contribution in [3.63, 3.8) is 0 Å². The van der Waals surface area contributed by atoms with E-state index in [-0.39, 0.29) is 43.7 Å². The monoisotopic (exact) mass is 615 g/mol. The zero-order chi connectivity index (χ0) is 30.9. The highest BCUT2D eigenvalue weighted by Crippen LogP contribution is 2.48. The second kappa shape index (κ2) is 16.3. The van der Waals surface area contributed by atoms with Gasteiger partial charge in [0.15, 0.2) is 0 Å². The summed E-state index contributed by atoms with van der Waals surface area (Å²) in [5.41, 5.74) is 0. The van der Waals surface area contributed by atoms with Crippen LogP contribution in [0.15, 0.2) is 0 Å². The number of nitrogens with zero attached hydrogens (tertiary/aromatic N) is 3. The van der Waals surface area contributed by atoms with Gasteiger partial charge in [-0.05, 0) is 63.2 Å². The van der Waals surface area contributed by atoms with E-state index in [1.165, 1.54) is 0 Å². The predicted octanol–water partition coefficient (Wildman–Crippen LogP) is 6.00. The van der Waals surface area contributed by atoms with Crippen LogP contribution in [0.3, 0.4) is 0 Å². The number of piperidine rings is 1. The van der Waals surface area contributed by atoms with E-state index in [4.69, 9.17) is 9.47 Å². The summed E-state index contributed by atoms with van der Waals surface area (Å²) in [6.45, 7) is 4.59. The SMILES string of the molecule is COCCN(CCOC)C1CCN(C(C(=O)N(C)CCC2CC(C(F)(F)F)CC(C(F)(F)F)C2)C2CCCCC2)CC1. The Morgan fingerprint density at radius 2 is 1.33 bits per heavy atom. The van der Waals surface area contributed by atoms with Crippen LogP contribution in [0.2, 0.25) is 0 Å². The van der Waals surface area contributed by atoms with Crippen molar-refractivity contribution in [2.75, 3.05) is 67.2 Å². The summed E-state index contributed by atoms with van der Waals surface area (Å²) in [7, 11) is 5.03. The molecule has 2 saturated carbocycles. The van der Waals surface area contributed by atoms with Gasteiger partial charge in [-0.2, -0.15) is 26.3 Å². The molecule has 3 atom stereocenters. The molecule has 0 aromatic heterocycles. The van der Waals surface area contributed by atoms with Crippen LogP contribution in [-0.4, -0.2) is 112 Å². The lowest BCUT2D eigenvalue weighted by molar-refractivity contribution is -0.229. The van der Waals surface area contributed by atoms with Crippen LogP contribution in [0.4, 0.5) is 26.3 Å². The molecule has 3 unspecified atom stereocenters. The number of halogens is 6. The Kier molecular flexibility index (Phi) is 13.7. The summed E-state index contributed by atoms with van der Waals surface area (Å²) in [5, 5.41) is 0. The Hall–Kier alpha value is -1.11. The van der Waals surface area contributed by atoms with Crippen LogP contribution in [0.25, 0.3) is 0 Å². The van der Waals surface area contributed by atoms with Gasteiger partial charge in [0.2, 0.25) is 5.91 Å². The smallest absolute Gasteiger partial charge is 0.383 e. The standard InChI is InChI=1S/C30H51F6N3O3/c1-37(12-9-22-19-24(29(31,32)33)21-25(20-22)30(34,35)36)28(40)27(23-7-5-4-6-8-23)39-13-10-26(11-14-39)38(15-17-41-2)16-18-42-3/h22-27H,4-21H2,1-3H3. The zero-order valence-corrected chi connectivity index (χ0v) is 25.5. The number of likely N-dealkylation sites (N-methyl/N-ethyl adjacent to an activating group) is 1. The third-order valence-corrected chi connectivity index (χ3v) is 9.90. The molecule has 1 saturated heterocycles. The molecule has 246 valence electrons. The highest BCUT2D eigenvalue weighted by Gasteiger charge is 2.51. The molecule has 1 amide bonds. The molecule has 0 N–H and O–H groups in total. The Morgan fingerprint density at radius 1 is 0.810 bits per heavy atom. The molecule has 0 spiro atoms. The first-order chi connectivity index (χ1) is 19.8. The highest BCUT2D eigenvalue weighted by atomic mass is 19.4. The number of methoxy groups -OCH3 is 2. The van der Waals surface area contributed by atoms with Gasteiger partial charge in [0.05, 0.1) is 31.1 Å². The first-order valence-corrected chi connectivity index (χ1v) is 15.7. The second-order valence-corrected chi connectivity index (χ2v) is 12.7. The molecule has 3 aliphatic rings. The van der Waals surface area contributed by atoms with Gasteiger partial charge in [0.1, 0.15) is 0 Å². The van der Waals surface area contributed by atoms with Gasteiger partial charge in [-0.15, -0.1) is 0 Å². The number of amides is 1. The molecule has 1 heterocycles. The fraction of sp³-hybridized carbons (Fsp3) is 0.967.